The minimum atomic E-state index is -0.156. The average Bonchev–Trinajstić information content (AvgIpc) is 2.21. The number of amides is 1. The Hall–Kier alpha value is -0.530. The van der Waals surface area contributed by atoms with E-state index >= 15 is 0 Å². The van der Waals surface area contributed by atoms with Crippen LogP contribution in [0.3, 0.4) is 0 Å². The number of rotatable bonds is 6. The maximum Gasteiger partial charge on any atom is 0.221 e. The number of hydrogen-bond donors (Lipinski definition) is 1. The van der Waals surface area contributed by atoms with E-state index in [-0.39, 0.29) is 33.5 Å². The van der Waals surface area contributed by atoms with Crippen LogP contribution in [0.15, 0.2) is 0 Å². The molecule has 0 fully saturated rings. The van der Waals surface area contributed by atoms with Crippen LogP contribution in [0, 0.1) is 33.5 Å². The molecule has 0 aromatic heterocycles. The van der Waals surface area contributed by atoms with Gasteiger partial charge in [-0.2, -0.15) is 0 Å². The molecule has 2 nitrogen and oxygen atoms in total. The second-order valence-electron chi connectivity index (χ2n) is 10.8. The van der Waals surface area contributed by atoms with Gasteiger partial charge in [-0.15, -0.1) is 0 Å². The molecule has 2 atom stereocenters. The van der Waals surface area contributed by atoms with Crippen molar-refractivity contribution in [2.24, 2.45) is 39.2 Å². The highest BCUT2D eigenvalue weighted by atomic mass is 16.1. The van der Waals surface area contributed by atoms with Crippen LogP contribution < -0.4 is 5.73 Å². The van der Waals surface area contributed by atoms with Gasteiger partial charge in [0.25, 0.3) is 0 Å². The Kier molecular flexibility index (Phi) is 6.37. The molecule has 0 aliphatic rings. The summed E-state index contributed by atoms with van der Waals surface area (Å²) in [4.78, 5) is 12.2. The Morgan fingerprint density at radius 1 is 0.864 bits per heavy atom. The molecule has 22 heavy (non-hydrogen) atoms. The van der Waals surface area contributed by atoms with Gasteiger partial charge in [0.05, 0.1) is 0 Å². The zero-order valence-corrected chi connectivity index (χ0v) is 17.1. The van der Waals surface area contributed by atoms with Crippen LogP contribution in [-0.4, -0.2) is 5.91 Å². The molecule has 0 aromatic carbocycles. The lowest BCUT2D eigenvalue weighted by molar-refractivity contribution is -0.131. The van der Waals surface area contributed by atoms with E-state index in [1.54, 1.807) is 0 Å². The summed E-state index contributed by atoms with van der Waals surface area (Å²) >= 11 is 0. The fourth-order valence-electron chi connectivity index (χ4n) is 3.13. The molecule has 0 heterocycles. The maximum atomic E-state index is 12.2. The lowest BCUT2D eigenvalue weighted by Crippen LogP contribution is -2.47. The minimum absolute atomic E-state index is 0.0463. The van der Waals surface area contributed by atoms with Crippen molar-refractivity contribution in [3.8, 4) is 0 Å². The summed E-state index contributed by atoms with van der Waals surface area (Å²) in [5.74, 6) is 0.330. The number of carbonyl (C=O) groups excluding carboxylic acids is 1. The Morgan fingerprint density at radius 3 is 1.55 bits per heavy atom. The molecule has 132 valence electrons. The molecule has 0 spiro atoms. The highest BCUT2D eigenvalue weighted by molar-refractivity contribution is 5.77. The van der Waals surface area contributed by atoms with E-state index in [9.17, 15) is 4.79 Å². The summed E-state index contributed by atoms with van der Waals surface area (Å²) in [6.07, 6.45) is 1.93. The van der Waals surface area contributed by atoms with E-state index in [0.29, 0.717) is 5.92 Å². The van der Waals surface area contributed by atoms with Crippen molar-refractivity contribution in [2.75, 3.05) is 0 Å². The van der Waals surface area contributed by atoms with Gasteiger partial charge in [0.2, 0.25) is 5.91 Å². The van der Waals surface area contributed by atoms with E-state index in [1.165, 1.54) is 0 Å². The first-order valence-corrected chi connectivity index (χ1v) is 8.71. The number of carbonyl (C=O) groups is 1. The number of nitrogens with two attached hydrogens (primary N) is 1. The van der Waals surface area contributed by atoms with Gasteiger partial charge in [-0.1, -0.05) is 76.2 Å². The molecule has 0 radical (unpaired) electrons. The fourth-order valence-corrected chi connectivity index (χ4v) is 3.13. The van der Waals surface area contributed by atoms with Gasteiger partial charge in [0.1, 0.15) is 0 Å². The molecular formula is C20H41NO. The highest BCUT2D eigenvalue weighted by Crippen LogP contribution is 2.52. The zero-order valence-electron chi connectivity index (χ0n) is 17.1. The van der Waals surface area contributed by atoms with E-state index in [2.05, 4.69) is 76.2 Å². The van der Waals surface area contributed by atoms with Crippen LogP contribution in [0.5, 0.6) is 0 Å². The quantitative estimate of drug-likeness (QED) is 0.677. The summed E-state index contributed by atoms with van der Waals surface area (Å²) in [5.41, 5.74) is 6.09. The van der Waals surface area contributed by atoms with E-state index in [0.717, 1.165) is 12.8 Å². The smallest absolute Gasteiger partial charge is 0.221 e. The summed E-state index contributed by atoms with van der Waals surface area (Å²) in [6.45, 7) is 24.8. The van der Waals surface area contributed by atoms with Gasteiger partial charge in [-0.05, 0) is 40.4 Å². The number of hydrogen-bond acceptors (Lipinski definition) is 1. The van der Waals surface area contributed by atoms with Crippen LogP contribution in [0.2, 0.25) is 0 Å². The van der Waals surface area contributed by atoms with Crippen molar-refractivity contribution in [1.82, 2.24) is 0 Å². The lowest BCUT2D eigenvalue weighted by Gasteiger charge is -2.50. The van der Waals surface area contributed by atoms with Crippen LogP contribution >= 0.6 is 0 Å². The predicted octanol–water partition coefficient (Wildman–Crippen LogP) is 5.65. The SMILES string of the molecule is CC(CC(C)(C)C(C)(C)C(CC(C)(C)C)C(N)=O)C(C)(C)C. The van der Waals surface area contributed by atoms with Gasteiger partial charge in [0.15, 0.2) is 0 Å². The van der Waals surface area contributed by atoms with Crippen LogP contribution in [-0.2, 0) is 4.79 Å². The lowest BCUT2D eigenvalue weighted by atomic mass is 9.55. The predicted molar refractivity (Wildman–Crippen MR) is 97.6 cm³/mol. The van der Waals surface area contributed by atoms with Crippen molar-refractivity contribution in [1.29, 1.82) is 0 Å². The molecule has 0 aromatic rings. The van der Waals surface area contributed by atoms with Crippen molar-refractivity contribution >= 4 is 5.91 Å². The molecule has 0 saturated carbocycles. The Bertz CT molecular complexity index is 379. The van der Waals surface area contributed by atoms with Crippen LogP contribution in [0.1, 0.15) is 89.0 Å². The Balaban J connectivity index is 5.49. The van der Waals surface area contributed by atoms with Gasteiger partial charge in [-0.25, -0.2) is 0 Å². The molecule has 0 rings (SSSR count). The molecule has 2 N–H and O–H groups in total. The molecular weight excluding hydrogens is 270 g/mol. The normalized spacial score (nSPS) is 17.2. The summed E-state index contributed by atoms with van der Waals surface area (Å²) in [7, 11) is 0. The topological polar surface area (TPSA) is 43.1 Å². The summed E-state index contributed by atoms with van der Waals surface area (Å²) in [5, 5.41) is 0. The molecule has 0 bridgehead atoms. The van der Waals surface area contributed by atoms with Gasteiger partial charge >= 0.3 is 0 Å². The second kappa shape index (κ2) is 6.53. The molecule has 0 aliphatic heterocycles. The van der Waals surface area contributed by atoms with Gasteiger partial charge in [0, 0.05) is 5.92 Å². The van der Waals surface area contributed by atoms with Crippen LogP contribution in [0.25, 0.3) is 0 Å². The van der Waals surface area contributed by atoms with Crippen molar-refractivity contribution in [2.45, 2.75) is 89.0 Å². The third kappa shape index (κ3) is 5.59. The van der Waals surface area contributed by atoms with E-state index in [1.807, 2.05) is 0 Å². The molecule has 1 amide bonds. The molecule has 2 heteroatoms. The third-order valence-electron chi connectivity index (χ3n) is 6.07. The third-order valence-corrected chi connectivity index (χ3v) is 6.07. The van der Waals surface area contributed by atoms with Gasteiger partial charge in [-0.3, -0.25) is 4.79 Å². The molecule has 0 saturated heterocycles. The monoisotopic (exact) mass is 311 g/mol. The first kappa shape index (κ1) is 21.5. The second-order valence-corrected chi connectivity index (χ2v) is 10.8. The van der Waals surface area contributed by atoms with E-state index in [4.69, 9.17) is 5.73 Å². The minimum Gasteiger partial charge on any atom is -0.369 e. The van der Waals surface area contributed by atoms with Crippen LogP contribution in [0.4, 0.5) is 0 Å². The van der Waals surface area contributed by atoms with E-state index < -0.39 is 0 Å². The average molecular weight is 312 g/mol. The summed E-state index contributed by atoms with van der Waals surface area (Å²) in [6, 6.07) is 0. The first-order valence-electron chi connectivity index (χ1n) is 8.71. The standard InChI is InChI=1S/C20H41NO/c1-14(18(5,6)7)12-19(8,9)20(10,11)15(16(21)22)13-17(2,3)4/h14-15H,12-13H2,1-11H3,(H2,21,22). The summed E-state index contributed by atoms with van der Waals surface area (Å²) < 4.78 is 0. The van der Waals surface area contributed by atoms with Crippen molar-refractivity contribution in [3.63, 3.8) is 0 Å². The molecule has 2 unspecified atom stereocenters. The maximum absolute atomic E-state index is 12.2. The Labute approximate surface area is 139 Å². The largest absolute Gasteiger partial charge is 0.369 e. The molecule has 0 aliphatic carbocycles. The highest BCUT2D eigenvalue weighted by Gasteiger charge is 2.47. The van der Waals surface area contributed by atoms with Crippen molar-refractivity contribution < 1.29 is 4.79 Å². The zero-order chi connectivity index (χ0) is 18.1. The Morgan fingerprint density at radius 2 is 1.27 bits per heavy atom. The van der Waals surface area contributed by atoms with Crippen molar-refractivity contribution in [3.05, 3.63) is 0 Å². The van der Waals surface area contributed by atoms with Gasteiger partial charge < -0.3 is 5.73 Å². The first-order chi connectivity index (χ1) is 9.42. The fraction of sp³-hybridized carbons (Fsp3) is 0.950. The number of primary amides is 1.